The molecule has 1 saturated heterocycles. The molecule has 3 aliphatic rings. The minimum Gasteiger partial charge on any atom is -0.497 e. The molecule has 0 spiro atoms. The molecular formula is C27H34O14. The maximum absolute atomic E-state index is 12.9. The van der Waals surface area contributed by atoms with Gasteiger partial charge in [0.2, 0.25) is 6.29 Å². The minimum absolute atomic E-state index is 0.383. The first-order chi connectivity index (χ1) is 19.4. The van der Waals surface area contributed by atoms with E-state index in [4.69, 9.17) is 28.4 Å². The van der Waals surface area contributed by atoms with E-state index in [0.29, 0.717) is 11.3 Å². The van der Waals surface area contributed by atoms with Crippen LogP contribution in [0.5, 0.6) is 5.75 Å². The molecule has 1 aromatic rings. The van der Waals surface area contributed by atoms with Crippen LogP contribution in [0.25, 0.3) is 6.08 Å². The third-order valence-corrected chi connectivity index (χ3v) is 7.73. The summed E-state index contributed by atoms with van der Waals surface area (Å²) in [6.45, 7) is 0.581. The van der Waals surface area contributed by atoms with E-state index in [1.165, 1.54) is 20.1 Å². The minimum atomic E-state index is -2.21. The molecule has 2 aliphatic heterocycles. The Morgan fingerprint density at radius 3 is 2.34 bits per heavy atom. The molecule has 0 radical (unpaired) electrons. The zero-order valence-corrected chi connectivity index (χ0v) is 22.5. The lowest BCUT2D eigenvalue weighted by Gasteiger charge is -2.46. The van der Waals surface area contributed by atoms with Crippen molar-refractivity contribution in [3.8, 4) is 5.75 Å². The van der Waals surface area contributed by atoms with Gasteiger partial charge >= 0.3 is 11.9 Å². The zero-order valence-electron chi connectivity index (χ0n) is 22.5. The van der Waals surface area contributed by atoms with Crippen LogP contribution in [0.3, 0.4) is 0 Å². The number of benzene rings is 1. The van der Waals surface area contributed by atoms with E-state index in [0.717, 1.165) is 19.4 Å². The predicted octanol–water partition coefficient (Wildman–Crippen LogP) is -1.65. The number of aliphatic hydroxyl groups is 6. The lowest BCUT2D eigenvalue weighted by atomic mass is 9.77. The van der Waals surface area contributed by atoms with Crippen LogP contribution in [-0.4, -0.2) is 118 Å². The number of hydrogen-bond donors (Lipinski definition) is 6. The van der Waals surface area contributed by atoms with Gasteiger partial charge in [-0.05, 0) is 30.7 Å². The fraction of sp³-hybridized carbons (Fsp3) is 0.556. The Morgan fingerprint density at radius 2 is 1.73 bits per heavy atom. The number of rotatable bonds is 8. The summed E-state index contributed by atoms with van der Waals surface area (Å²) in [5.74, 6) is -2.78. The molecule has 1 aromatic carbocycles. The molecule has 14 heteroatoms. The SMILES string of the molecule is COC(=O)C1=CO[C@@H](O[C@@H]2O[C@H](CO)[C@@H](O)[C@H](O)[C@H]2O)[C@@H]2[C@@](C)(OC(=O)/C=C\c3ccc(OC)cc3)[C@@H](O)C[C@]12O. The maximum atomic E-state index is 12.9. The van der Waals surface area contributed by atoms with Crippen molar-refractivity contribution < 1.29 is 68.6 Å². The highest BCUT2D eigenvalue weighted by molar-refractivity contribution is 5.91. The van der Waals surface area contributed by atoms with Gasteiger partial charge in [-0.1, -0.05) is 12.1 Å². The summed E-state index contributed by atoms with van der Waals surface area (Å²) in [4.78, 5) is 25.5. The molecule has 2 heterocycles. The van der Waals surface area contributed by atoms with E-state index in [2.05, 4.69) is 0 Å². The van der Waals surface area contributed by atoms with Gasteiger partial charge in [-0.25, -0.2) is 9.59 Å². The molecule has 1 saturated carbocycles. The summed E-state index contributed by atoms with van der Waals surface area (Å²) < 4.78 is 32.2. The smallest absolute Gasteiger partial charge is 0.339 e. The van der Waals surface area contributed by atoms with E-state index in [9.17, 15) is 40.2 Å². The van der Waals surface area contributed by atoms with Crippen molar-refractivity contribution in [2.75, 3.05) is 20.8 Å². The van der Waals surface area contributed by atoms with Crippen molar-refractivity contribution >= 4 is 18.0 Å². The zero-order chi connectivity index (χ0) is 30.1. The van der Waals surface area contributed by atoms with Crippen LogP contribution in [-0.2, 0) is 33.3 Å². The van der Waals surface area contributed by atoms with Gasteiger partial charge in [0.25, 0.3) is 0 Å². The van der Waals surface area contributed by atoms with Gasteiger partial charge in [-0.2, -0.15) is 0 Å². The summed E-state index contributed by atoms with van der Waals surface area (Å²) in [6, 6.07) is 6.77. The van der Waals surface area contributed by atoms with E-state index >= 15 is 0 Å². The van der Waals surface area contributed by atoms with Gasteiger partial charge in [0.1, 0.15) is 46.9 Å². The standard InChI is InChI=1S/C27H34O14/c1-26(41-18(30)9-6-13-4-7-14(36-2)8-5-13)17(29)10-27(35)15(23(34)37-3)12-38-25(22(26)27)40-24-21(33)20(32)19(31)16(11-28)39-24/h4-9,12,16-17,19-22,24-25,28-29,31-33,35H,10-11H2,1-3H3/b9-6-/t16-,17+,19-,20+,21-,22-,24+,25+,26+,27+/m1/s1. The number of hydrogen-bond acceptors (Lipinski definition) is 14. The first-order valence-corrected chi connectivity index (χ1v) is 12.8. The van der Waals surface area contributed by atoms with Crippen LogP contribution in [0.1, 0.15) is 18.9 Å². The predicted molar refractivity (Wildman–Crippen MR) is 135 cm³/mol. The molecule has 1 aliphatic carbocycles. The number of carbonyl (C=O) groups is 2. The normalized spacial score (nSPS) is 38.5. The van der Waals surface area contributed by atoms with E-state index < -0.39 is 85.2 Å². The lowest BCUT2D eigenvalue weighted by molar-refractivity contribution is -0.352. The molecule has 0 aromatic heterocycles. The van der Waals surface area contributed by atoms with Crippen LogP contribution < -0.4 is 4.74 Å². The fourth-order valence-electron chi connectivity index (χ4n) is 5.41. The van der Waals surface area contributed by atoms with Crippen molar-refractivity contribution in [3.63, 3.8) is 0 Å². The molecule has 14 nitrogen and oxygen atoms in total. The van der Waals surface area contributed by atoms with Crippen LogP contribution in [0, 0.1) is 5.92 Å². The van der Waals surface area contributed by atoms with E-state index in [1.807, 2.05) is 0 Å². The molecular weight excluding hydrogens is 548 g/mol. The molecule has 10 atom stereocenters. The number of fused-ring (bicyclic) bond motifs is 1. The molecule has 0 bridgehead atoms. The van der Waals surface area contributed by atoms with Crippen molar-refractivity contribution in [3.05, 3.63) is 47.7 Å². The third kappa shape index (κ3) is 5.69. The number of esters is 2. The van der Waals surface area contributed by atoms with Crippen molar-refractivity contribution in [2.24, 2.45) is 5.92 Å². The highest BCUT2D eigenvalue weighted by Gasteiger charge is 2.70. The number of methoxy groups -OCH3 is 2. The number of ether oxygens (including phenoxy) is 6. The Balaban J connectivity index is 1.64. The molecule has 226 valence electrons. The van der Waals surface area contributed by atoms with Crippen LogP contribution in [0.4, 0.5) is 0 Å². The maximum Gasteiger partial charge on any atom is 0.339 e. The Hall–Kier alpha value is -3.08. The average Bonchev–Trinajstić information content (AvgIpc) is 3.16. The van der Waals surface area contributed by atoms with E-state index in [-0.39, 0.29) is 5.57 Å². The first-order valence-electron chi connectivity index (χ1n) is 12.8. The second-order valence-corrected chi connectivity index (χ2v) is 10.2. The summed E-state index contributed by atoms with van der Waals surface area (Å²) in [5.41, 5.74) is -3.90. The Kier molecular flexibility index (Phi) is 9.06. The molecule has 41 heavy (non-hydrogen) atoms. The van der Waals surface area contributed by atoms with Gasteiger partial charge in [0.15, 0.2) is 6.29 Å². The fourth-order valence-corrected chi connectivity index (χ4v) is 5.41. The van der Waals surface area contributed by atoms with Crippen LogP contribution >= 0.6 is 0 Å². The van der Waals surface area contributed by atoms with Crippen molar-refractivity contribution in [1.82, 2.24) is 0 Å². The molecule has 4 rings (SSSR count). The van der Waals surface area contributed by atoms with Gasteiger partial charge in [-0.15, -0.1) is 0 Å². The third-order valence-electron chi connectivity index (χ3n) is 7.73. The average molecular weight is 583 g/mol. The summed E-state index contributed by atoms with van der Waals surface area (Å²) in [5, 5.41) is 63.1. The Labute approximate surface area is 234 Å². The van der Waals surface area contributed by atoms with Crippen LogP contribution in [0.15, 0.2) is 42.2 Å². The Morgan fingerprint density at radius 1 is 1.05 bits per heavy atom. The van der Waals surface area contributed by atoms with Gasteiger partial charge < -0.3 is 59.1 Å². The van der Waals surface area contributed by atoms with Gasteiger partial charge in [0, 0.05) is 12.5 Å². The molecule has 0 amide bonds. The molecule has 6 N–H and O–H groups in total. The lowest BCUT2D eigenvalue weighted by Crippen LogP contribution is -2.62. The summed E-state index contributed by atoms with van der Waals surface area (Å²) >= 11 is 0. The van der Waals surface area contributed by atoms with Crippen molar-refractivity contribution in [2.45, 2.75) is 67.6 Å². The second kappa shape index (κ2) is 12.0. The van der Waals surface area contributed by atoms with Gasteiger partial charge in [-0.3, -0.25) is 0 Å². The first kappa shape index (κ1) is 30.9. The van der Waals surface area contributed by atoms with Gasteiger partial charge in [0.05, 0.1) is 39.1 Å². The van der Waals surface area contributed by atoms with Crippen LogP contribution in [0.2, 0.25) is 0 Å². The monoisotopic (exact) mass is 582 g/mol. The van der Waals surface area contributed by atoms with Crippen molar-refractivity contribution in [1.29, 1.82) is 0 Å². The highest BCUT2D eigenvalue weighted by Crippen LogP contribution is 2.54. The molecule has 2 fully saturated rings. The van der Waals surface area contributed by atoms with E-state index in [1.54, 1.807) is 24.3 Å². The Bertz CT molecular complexity index is 1170. The molecule has 0 unspecified atom stereocenters. The number of aliphatic hydroxyl groups excluding tert-OH is 5. The second-order valence-electron chi connectivity index (χ2n) is 10.2. The topological polar surface area (TPSA) is 211 Å². The summed E-state index contributed by atoms with van der Waals surface area (Å²) in [7, 11) is 2.59. The number of carbonyl (C=O) groups excluding carboxylic acids is 2. The highest BCUT2D eigenvalue weighted by atomic mass is 16.8. The summed E-state index contributed by atoms with van der Waals surface area (Å²) in [6.07, 6.45) is -8.57. The largest absolute Gasteiger partial charge is 0.497 e. The quantitative estimate of drug-likeness (QED) is 0.150.